The summed E-state index contributed by atoms with van der Waals surface area (Å²) in [6.07, 6.45) is 0.521. The first kappa shape index (κ1) is 22.0. The van der Waals surface area contributed by atoms with E-state index in [0.29, 0.717) is 13.2 Å². The molecular formula is C24H31N3O3S. The minimum atomic E-state index is -0.501. The summed E-state index contributed by atoms with van der Waals surface area (Å²) in [4.78, 5) is 9.29. The van der Waals surface area contributed by atoms with Gasteiger partial charge in [0.25, 0.3) is 0 Å². The number of aliphatic hydroxyl groups is 1. The van der Waals surface area contributed by atoms with Gasteiger partial charge in [-0.1, -0.05) is 18.2 Å². The molecule has 1 N–H and O–H groups in total. The maximum atomic E-state index is 10.4. The van der Waals surface area contributed by atoms with E-state index < -0.39 is 6.10 Å². The molecule has 7 heteroatoms. The van der Waals surface area contributed by atoms with Gasteiger partial charge in [-0.15, -0.1) is 11.3 Å². The van der Waals surface area contributed by atoms with E-state index in [1.807, 2.05) is 55.5 Å². The number of rotatable bonds is 10. The Balaban J connectivity index is 1.11. The van der Waals surface area contributed by atoms with Crippen molar-refractivity contribution < 1.29 is 14.6 Å². The molecule has 0 spiro atoms. The van der Waals surface area contributed by atoms with Crippen LogP contribution in [-0.4, -0.2) is 78.5 Å². The lowest BCUT2D eigenvalue weighted by Crippen LogP contribution is -2.49. The highest BCUT2D eigenvalue weighted by Gasteiger charge is 2.19. The Labute approximate surface area is 188 Å². The van der Waals surface area contributed by atoms with Crippen LogP contribution in [0.15, 0.2) is 48.5 Å². The minimum absolute atomic E-state index is 0.297. The molecule has 0 bridgehead atoms. The molecule has 0 amide bonds. The summed E-state index contributed by atoms with van der Waals surface area (Å²) >= 11 is 1.68. The number of para-hydroxylation sites is 1. The molecule has 0 unspecified atom stereocenters. The summed E-state index contributed by atoms with van der Waals surface area (Å²) in [6, 6.07) is 15.9. The van der Waals surface area contributed by atoms with Gasteiger partial charge >= 0.3 is 0 Å². The lowest BCUT2D eigenvalue weighted by molar-refractivity contribution is 0.0452. The monoisotopic (exact) mass is 441 g/mol. The first-order valence-corrected chi connectivity index (χ1v) is 11.8. The van der Waals surface area contributed by atoms with E-state index in [2.05, 4.69) is 14.8 Å². The maximum Gasteiger partial charge on any atom is 0.121 e. The summed E-state index contributed by atoms with van der Waals surface area (Å²) in [5, 5.41) is 11.5. The molecule has 1 aliphatic rings. The molecule has 0 saturated carbocycles. The number of aryl methyl sites for hydroxylation is 1. The van der Waals surface area contributed by atoms with Crippen LogP contribution in [0.5, 0.6) is 11.5 Å². The number of thiazole rings is 1. The number of nitrogens with zero attached hydrogens (tertiary/aromatic N) is 3. The van der Waals surface area contributed by atoms with Crippen LogP contribution in [0.2, 0.25) is 0 Å². The second kappa shape index (κ2) is 10.9. The fourth-order valence-electron chi connectivity index (χ4n) is 3.85. The average molecular weight is 442 g/mol. The molecule has 1 fully saturated rings. The normalized spacial score (nSPS) is 16.5. The highest BCUT2D eigenvalue weighted by Crippen LogP contribution is 2.25. The summed E-state index contributed by atoms with van der Waals surface area (Å²) in [7, 11) is 0. The molecule has 1 saturated heterocycles. The second-order valence-electron chi connectivity index (χ2n) is 7.98. The van der Waals surface area contributed by atoms with Crippen molar-refractivity contribution in [3.8, 4) is 11.5 Å². The Bertz CT molecular complexity index is 942. The number of hydrogen-bond acceptors (Lipinski definition) is 7. The van der Waals surface area contributed by atoms with E-state index in [1.54, 1.807) is 11.3 Å². The van der Waals surface area contributed by atoms with Crippen molar-refractivity contribution >= 4 is 21.6 Å². The first-order valence-electron chi connectivity index (χ1n) is 11.0. The molecule has 1 aliphatic heterocycles. The minimum Gasteiger partial charge on any atom is -0.494 e. The van der Waals surface area contributed by atoms with Gasteiger partial charge in [0.1, 0.15) is 24.2 Å². The molecular weight excluding hydrogens is 410 g/mol. The van der Waals surface area contributed by atoms with Gasteiger partial charge in [0.15, 0.2) is 0 Å². The van der Waals surface area contributed by atoms with Crippen LogP contribution in [-0.2, 0) is 0 Å². The number of aliphatic hydroxyl groups excluding tert-OH is 1. The first-order chi connectivity index (χ1) is 15.2. The molecule has 0 aliphatic carbocycles. The average Bonchev–Trinajstić information content (AvgIpc) is 3.16. The van der Waals surface area contributed by atoms with Crippen LogP contribution in [0.3, 0.4) is 0 Å². The Morgan fingerprint density at radius 2 is 1.77 bits per heavy atom. The third-order valence-corrected chi connectivity index (χ3v) is 6.42. The molecule has 3 aromatic rings. The number of benzene rings is 2. The van der Waals surface area contributed by atoms with E-state index in [1.165, 1.54) is 0 Å². The Morgan fingerprint density at radius 3 is 2.58 bits per heavy atom. The van der Waals surface area contributed by atoms with Gasteiger partial charge in [-0.05, 0) is 37.6 Å². The molecule has 6 nitrogen and oxygen atoms in total. The Hall–Kier alpha value is -2.19. The highest BCUT2D eigenvalue weighted by molar-refractivity contribution is 7.18. The summed E-state index contributed by atoms with van der Waals surface area (Å²) in [5.74, 6) is 1.70. The van der Waals surface area contributed by atoms with Crippen LogP contribution in [0, 0.1) is 6.92 Å². The predicted octanol–water partition coefficient (Wildman–Crippen LogP) is 3.43. The van der Waals surface area contributed by atoms with E-state index in [4.69, 9.17) is 9.47 Å². The SMILES string of the molecule is Cc1nc2cc(OC[C@H](O)CN3CCN(CCCOc4ccccc4)CC3)ccc2s1. The number of aromatic nitrogens is 1. The Kier molecular flexibility index (Phi) is 7.75. The summed E-state index contributed by atoms with van der Waals surface area (Å²) in [5.41, 5.74) is 0.958. The van der Waals surface area contributed by atoms with Crippen molar-refractivity contribution in [3.05, 3.63) is 53.5 Å². The number of hydrogen-bond donors (Lipinski definition) is 1. The van der Waals surface area contributed by atoms with Crippen molar-refractivity contribution in [1.29, 1.82) is 0 Å². The fraction of sp³-hybridized carbons (Fsp3) is 0.458. The fourth-order valence-corrected chi connectivity index (χ4v) is 4.65. The van der Waals surface area contributed by atoms with Crippen LogP contribution in [0.4, 0.5) is 0 Å². The highest BCUT2D eigenvalue weighted by atomic mass is 32.1. The van der Waals surface area contributed by atoms with Crippen molar-refractivity contribution in [2.75, 3.05) is 52.5 Å². The summed E-state index contributed by atoms with van der Waals surface area (Å²) in [6.45, 7) is 8.73. The van der Waals surface area contributed by atoms with Gasteiger partial charge in [0.2, 0.25) is 0 Å². The van der Waals surface area contributed by atoms with Crippen LogP contribution >= 0.6 is 11.3 Å². The van der Waals surface area contributed by atoms with Crippen molar-refractivity contribution in [2.24, 2.45) is 0 Å². The molecule has 1 aromatic heterocycles. The smallest absolute Gasteiger partial charge is 0.121 e. The number of ether oxygens (including phenoxy) is 2. The predicted molar refractivity (Wildman–Crippen MR) is 125 cm³/mol. The van der Waals surface area contributed by atoms with E-state index in [0.717, 1.165) is 72.5 Å². The zero-order chi connectivity index (χ0) is 21.5. The molecule has 0 radical (unpaired) electrons. The lowest BCUT2D eigenvalue weighted by Gasteiger charge is -2.35. The van der Waals surface area contributed by atoms with Gasteiger partial charge in [0.05, 0.1) is 21.8 Å². The zero-order valence-corrected chi connectivity index (χ0v) is 18.9. The van der Waals surface area contributed by atoms with Crippen molar-refractivity contribution in [1.82, 2.24) is 14.8 Å². The molecule has 4 rings (SSSR count). The van der Waals surface area contributed by atoms with E-state index in [9.17, 15) is 5.11 Å². The molecule has 166 valence electrons. The number of piperazine rings is 1. The summed E-state index contributed by atoms with van der Waals surface area (Å²) < 4.78 is 12.7. The number of fused-ring (bicyclic) bond motifs is 1. The maximum absolute atomic E-state index is 10.4. The largest absolute Gasteiger partial charge is 0.494 e. The molecule has 1 atom stereocenters. The molecule has 2 heterocycles. The van der Waals surface area contributed by atoms with Crippen LogP contribution < -0.4 is 9.47 Å². The van der Waals surface area contributed by atoms with Gasteiger partial charge < -0.3 is 19.5 Å². The van der Waals surface area contributed by atoms with Crippen molar-refractivity contribution in [2.45, 2.75) is 19.4 Å². The van der Waals surface area contributed by atoms with Gasteiger partial charge in [-0.3, -0.25) is 4.90 Å². The quantitative estimate of drug-likeness (QED) is 0.487. The van der Waals surface area contributed by atoms with E-state index in [-0.39, 0.29) is 0 Å². The van der Waals surface area contributed by atoms with Gasteiger partial charge in [-0.2, -0.15) is 0 Å². The topological polar surface area (TPSA) is 58.1 Å². The molecule has 31 heavy (non-hydrogen) atoms. The van der Waals surface area contributed by atoms with Crippen LogP contribution in [0.25, 0.3) is 10.2 Å². The van der Waals surface area contributed by atoms with Gasteiger partial charge in [0, 0.05) is 45.3 Å². The third-order valence-electron chi connectivity index (χ3n) is 5.47. The van der Waals surface area contributed by atoms with Gasteiger partial charge in [-0.25, -0.2) is 4.98 Å². The third kappa shape index (κ3) is 6.64. The zero-order valence-electron chi connectivity index (χ0n) is 18.1. The standard InChI is InChI=1S/C24H31N3O3S/c1-19-25-23-16-22(8-9-24(23)31-19)30-18-20(28)17-27-13-11-26(12-14-27)10-5-15-29-21-6-3-2-4-7-21/h2-4,6-9,16,20,28H,5,10-15,17-18H2,1H3/t20-/m1/s1. The number of β-amino-alcohol motifs (C(OH)–C–C–N with tert-alkyl or cyclic N) is 1. The van der Waals surface area contributed by atoms with Crippen LogP contribution in [0.1, 0.15) is 11.4 Å². The lowest BCUT2D eigenvalue weighted by atomic mass is 10.2. The Morgan fingerprint density at radius 1 is 1.00 bits per heavy atom. The second-order valence-corrected chi connectivity index (χ2v) is 9.22. The molecule has 2 aromatic carbocycles. The van der Waals surface area contributed by atoms with Crippen molar-refractivity contribution in [3.63, 3.8) is 0 Å². The van der Waals surface area contributed by atoms with E-state index >= 15 is 0 Å².